The fourth-order valence-electron chi connectivity index (χ4n) is 4.86. The Morgan fingerprint density at radius 3 is 2.58 bits per heavy atom. The number of carbonyl (C=O) groups excluding carboxylic acids is 1. The van der Waals surface area contributed by atoms with Crippen LogP contribution in [0.5, 0.6) is 0 Å². The molecule has 0 unspecified atom stereocenters. The van der Waals surface area contributed by atoms with Crippen molar-refractivity contribution < 1.29 is 35.5 Å². The number of hydrogen-bond acceptors (Lipinski definition) is 5. The van der Waals surface area contributed by atoms with Crippen LogP contribution >= 0.6 is 27.7 Å². The van der Waals surface area contributed by atoms with Crippen LogP contribution < -0.4 is 5.32 Å². The molecule has 6 nitrogen and oxygen atoms in total. The van der Waals surface area contributed by atoms with Crippen LogP contribution in [0.1, 0.15) is 46.6 Å². The molecule has 2 aliphatic carbocycles. The van der Waals surface area contributed by atoms with Crippen molar-refractivity contribution >= 4 is 33.6 Å². The predicted octanol–water partition coefficient (Wildman–Crippen LogP) is 5.76. The second kappa shape index (κ2) is 9.50. The number of aromatic nitrogens is 4. The fraction of sp³-hybridized carbons (Fsp3) is 0.391. The Bertz CT molecular complexity index is 1410. The highest BCUT2D eigenvalue weighted by molar-refractivity contribution is 9.10. The molecule has 5 rings (SSSR count). The Morgan fingerprint density at radius 2 is 1.95 bits per heavy atom. The minimum atomic E-state index is -4.97. The van der Waals surface area contributed by atoms with Crippen LogP contribution in [0, 0.1) is 17.6 Å². The molecule has 3 aromatic rings. The van der Waals surface area contributed by atoms with Crippen molar-refractivity contribution in [2.24, 2.45) is 5.92 Å². The lowest BCUT2D eigenvalue weighted by Crippen LogP contribution is -2.35. The zero-order chi connectivity index (χ0) is 27.6. The van der Waals surface area contributed by atoms with Crippen molar-refractivity contribution in [3.05, 3.63) is 68.7 Å². The molecule has 1 amide bonds. The summed E-state index contributed by atoms with van der Waals surface area (Å²) >= 11 is 4.46. The molecule has 38 heavy (non-hydrogen) atoms. The molecule has 2 aromatic heterocycles. The fourth-order valence-corrected chi connectivity index (χ4v) is 5.67. The number of nitrogens with one attached hydrogen (secondary N) is 1. The highest BCUT2D eigenvalue weighted by atomic mass is 79.9. The number of benzene rings is 1. The molecule has 0 radical (unpaired) electrons. The molecule has 1 aromatic carbocycles. The van der Waals surface area contributed by atoms with Gasteiger partial charge in [0, 0.05) is 23.7 Å². The van der Waals surface area contributed by atoms with Gasteiger partial charge in [-0.25, -0.2) is 18.7 Å². The lowest BCUT2D eigenvalue weighted by atomic mass is 10.0. The zero-order valence-corrected chi connectivity index (χ0v) is 21.7. The summed E-state index contributed by atoms with van der Waals surface area (Å²) in [6.07, 6.45) is -2.11. The molecule has 0 aliphatic heterocycles. The second-order valence-electron chi connectivity index (χ2n) is 9.03. The standard InChI is InChI=1S/C23H17BrF7N5OS/c1-38-21-32-7-14(24)18(34-21)15(4-9-2-10(25)5-11(26)3-9)33-16(37)8-36-20-17(19(35-36)23(29,30)31)12-6-13(12)22(20,27)28/h2-3,5,7,12-13,15H,4,6,8H2,1H3,(H,33,37)/t12-,13+,15-/m0/s1. The lowest BCUT2D eigenvalue weighted by molar-refractivity contribution is -0.142. The summed E-state index contributed by atoms with van der Waals surface area (Å²) in [5, 5.41) is 6.22. The van der Waals surface area contributed by atoms with Crippen LogP contribution in [0.3, 0.4) is 0 Å². The monoisotopic (exact) mass is 623 g/mol. The number of thioether (sulfide) groups is 1. The van der Waals surface area contributed by atoms with Gasteiger partial charge in [0.05, 0.1) is 16.2 Å². The molecule has 1 fully saturated rings. The summed E-state index contributed by atoms with van der Waals surface area (Å²) in [5.41, 5.74) is -2.52. The molecule has 1 saturated carbocycles. The van der Waals surface area contributed by atoms with Gasteiger partial charge in [0.1, 0.15) is 23.9 Å². The Labute approximate surface area is 223 Å². The average Bonchev–Trinajstić information content (AvgIpc) is 3.46. The highest BCUT2D eigenvalue weighted by Gasteiger charge is 2.68. The van der Waals surface area contributed by atoms with E-state index in [2.05, 4.69) is 36.3 Å². The maximum atomic E-state index is 14.9. The van der Waals surface area contributed by atoms with E-state index in [1.54, 1.807) is 6.26 Å². The first-order valence-electron chi connectivity index (χ1n) is 11.2. The van der Waals surface area contributed by atoms with E-state index in [-0.39, 0.29) is 24.1 Å². The molecular weight excluding hydrogens is 607 g/mol. The van der Waals surface area contributed by atoms with E-state index in [9.17, 15) is 35.5 Å². The molecule has 0 saturated heterocycles. The van der Waals surface area contributed by atoms with Crippen LogP contribution in [0.15, 0.2) is 34.0 Å². The van der Waals surface area contributed by atoms with E-state index in [1.807, 2.05) is 0 Å². The Hall–Kier alpha value is -2.68. The van der Waals surface area contributed by atoms with E-state index >= 15 is 0 Å². The van der Waals surface area contributed by atoms with Gasteiger partial charge in [0.15, 0.2) is 10.9 Å². The van der Waals surface area contributed by atoms with Crippen LogP contribution in [-0.4, -0.2) is 31.9 Å². The molecule has 1 N–H and O–H groups in total. The van der Waals surface area contributed by atoms with Crippen molar-refractivity contribution in [2.45, 2.75) is 48.6 Å². The van der Waals surface area contributed by atoms with E-state index < -0.39 is 71.0 Å². The van der Waals surface area contributed by atoms with Crippen molar-refractivity contribution in [1.29, 1.82) is 0 Å². The van der Waals surface area contributed by atoms with Gasteiger partial charge in [-0.05, 0) is 58.6 Å². The van der Waals surface area contributed by atoms with Gasteiger partial charge in [0.25, 0.3) is 5.92 Å². The number of fused-ring (bicyclic) bond motifs is 3. The third-order valence-corrected chi connectivity index (χ3v) is 7.63. The number of hydrogen-bond donors (Lipinski definition) is 1. The third-order valence-electron chi connectivity index (χ3n) is 6.45. The van der Waals surface area contributed by atoms with Crippen LogP contribution in [0.25, 0.3) is 0 Å². The Kier molecular flexibility index (Phi) is 6.73. The summed E-state index contributed by atoms with van der Waals surface area (Å²) in [5.74, 6) is -8.42. The Morgan fingerprint density at radius 1 is 1.26 bits per heavy atom. The number of rotatable bonds is 7. The van der Waals surface area contributed by atoms with E-state index in [1.165, 1.54) is 18.0 Å². The van der Waals surface area contributed by atoms with Gasteiger partial charge in [0.2, 0.25) is 5.91 Å². The van der Waals surface area contributed by atoms with Crippen molar-refractivity contribution in [3.63, 3.8) is 0 Å². The van der Waals surface area contributed by atoms with Crippen molar-refractivity contribution in [2.75, 3.05) is 6.26 Å². The lowest BCUT2D eigenvalue weighted by Gasteiger charge is -2.21. The normalized spacial score (nSPS) is 20.1. The van der Waals surface area contributed by atoms with E-state index in [4.69, 9.17) is 0 Å². The highest BCUT2D eigenvalue weighted by Crippen LogP contribution is 2.68. The number of nitrogens with zero attached hydrogens (tertiary/aromatic N) is 4. The van der Waals surface area contributed by atoms with E-state index in [0.717, 1.165) is 12.1 Å². The average molecular weight is 624 g/mol. The SMILES string of the molecule is CSc1ncc(Br)c([C@H](Cc2cc(F)cc(F)c2)NC(=O)Cn2nc(C(F)(F)F)c3c2C(F)(F)[C@@H]2C[C@H]32)n1. The first-order valence-corrected chi connectivity index (χ1v) is 13.2. The predicted molar refractivity (Wildman–Crippen MR) is 124 cm³/mol. The summed E-state index contributed by atoms with van der Waals surface area (Å²) < 4.78 is 98.9. The second-order valence-corrected chi connectivity index (χ2v) is 10.7. The summed E-state index contributed by atoms with van der Waals surface area (Å²) in [7, 11) is 0. The van der Waals surface area contributed by atoms with Crippen LogP contribution in [-0.2, 0) is 29.9 Å². The van der Waals surface area contributed by atoms with E-state index in [0.29, 0.717) is 20.4 Å². The molecule has 2 heterocycles. The number of alkyl halides is 5. The minimum absolute atomic E-state index is 0.0766. The zero-order valence-electron chi connectivity index (χ0n) is 19.3. The molecule has 0 spiro atoms. The first-order chi connectivity index (χ1) is 17.8. The van der Waals surface area contributed by atoms with Crippen molar-refractivity contribution in [1.82, 2.24) is 25.1 Å². The molecule has 202 valence electrons. The van der Waals surface area contributed by atoms with Gasteiger partial charge < -0.3 is 5.32 Å². The quantitative estimate of drug-likeness (QED) is 0.206. The largest absolute Gasteiger partial charge is 0.435 e. The van der Waals surface area contributed by atoms with Crippen molar-refractivity contribution in [3.8, 4) is 0 Å². The third kappa shape index (κ3) is 4.90. The molecule has 2 aliphatic rings. The number of halogens is 8. The molecular formula is C23H17BrF7N5OS. The van der Waals surface area contributed by atoms with Crippen LogP contribution in [0.2, 0.25) is 0 Å². The summed E-state index contributed by atoms with van der Waals surface area (Å²) in [6.45, 7) is -0.931. The van der Waals surface area contributed by atoms with Gasteiger partial charge in [-0.2, -0.15) is 27.1 Å². The van der Waals surface area contributed by atoms with Gasteiger partial charge in [-0.1, -0.05) is 11.8 Å². The number of amides is 1. The van der Waals surface area contributed by atoms with Gasteiger partial charge >= 0.3 is 6.18 Å². The topological polar surface area (TPSA) is 72.7 Å². The smallest absolute Gasteiger partial charge is 0.346 e. The Balaban J connectivity index is 1.47. The van der Waals surface area contributed by atoms with Gasteiger partial charge in [-0.3, -0.25) is 9.48 Å². The maximum absolute atomic E-state index is 14.9. The van der Waals surface area contributed by atoms with Gasteiger partial charge in [-0.15, -0.1) is 0 Å². The summed E-state index contributed by atoms with van der Waals surface area (Å²) in [4.78, 5) is 21.5. The minimum Gasteiger partial charge on any atom is -0.346 e. The van der Waals surface area contributed by atoms with Crippen LogP contribution in [0.4, 0.5) is 30.7 Å². The summed E-state index contributed by atoms with van der Waals surface area (Å²) in [6, 6.07) is 1.72. The first kappa shape index (κ1) is 26.9. The number of carbonyl (C=O) groups is 1. The molecule has 15 heteroatoms. The maximum Gasteiger partial charge on any atom is 0.435 e. The molecule has 3 atom stereocenters. The molecule has 0 bridgehead atoms.